The van der Waals surface area contributed by atoms with Crippen molar-refractivity contribution in [1.82, 2.24) is 10.2 Å². The van der Waals surface area contributed by atoms with Crippen molar-refractivity contribution in [2.45, 2.75) is 46.5 Å². The average molecular weight is 226 g/mol. The molecule has 1 atom stereocenters. The summed E-state index contributed by atoms with van der Waals surface area (Å²) in [6, 6.07) is 0. The normalized spacial score (nSPS) is 20.2. The molecule has 1 heterocycles. The minimum absolute atomic E-state index is 0.855. The molecule has 1 N–H and O–H groups in total. The van der Waals surface area contributed by atoms with Gasteiger partial charge < -0.3 is 10.2 Å². The largest absolute Gasteiger partial charge is 0.317 e. The zero-order valence-electron chi connectivity index (χ0n) is 11.5. The van der Waals surface area contributed by atoms with Gasteiger partial charge in [0.2, 0.25) is 0 Å². The van der Waals surface area contributed by atoms with Gasteiger partial charge in [-0.05, 0) is 57.3 Å². The second kappa shape index (κ2) is 8.08. The lowest BCUT2D eigenvalue weighted by atomic mass is 9.94. The van der Waals surface area contributed by atoms with Gasteiger partial charge in [0.25, 0.3) is 0 Å². The third-order valence-electron chi connectivity index (χ3n) is 4.03. The SMILES string of the molecule is CCC(C)CN(CC)CCC1CCNCC1. The van der Waals surface area contributed by atoms with Crippen molar-refractivity contribution in [3.8, 4) is 0 Å². The van der Waals surface area contributed by atoms with E-state index in [0.717, 1.165) is 11.8 Å². The van der Waals surface area contributed by atoms with Crippen LogP contribution in [-0.2, 0) is 0 Å². The molecular formula is C14H30N2. The third-order valence-corrected chi connectivity index (χ3v) is 4.03. The first-order chi connectivity index (χ1) is 7.76. The first-order valence-electron chi connectivity index (χ1n) is 7.19. The van der Waals surface area contributed by atoms with Crippen molar-refractivity contribution in [3.05, 3.63) is 0 Å². The molecule has 0 aliphatic carbocycles. The number of rotatable bonds is 7. The Morgan fingerprint density at radius 3 is 2.50 bits per heavy atom. The summed E-state index contributed by atoms with van der Waals surface area (Å²) in [5.74, 6) is 1.83. The number of hydrogen-bond acceptors (Lipinski definition) is 2. The molecule has 1 saturated heterocycles. The fourth-order valence-electron chi connectivity index (χ4n) is 2.48. The van der Waals surface area contributed by atoms with Crippen LogP contribution < -0.4 is 5.32 Å². The Labute approximate surface area is 102 Å². The van der Waals surface area contributed by atoms with E-state index in [-0.39, 0.29) is 0 Å². The molecule has 16 heavy (non-hydrogen) atoms. The highest BCUT2D eigenvalue weighted by Gasteiger charge is 2.14. The van der Waals surface area contributed by atoms with Crippen molar-refractivity contribution in [2.24, 2.45) is 11.8 Å². The minimum atomic E-state index is 0.855. The van der Waals surface area contributed by atoms with E-state index in [2.05, 4.69) is 31.0 Å². The Balaban J connectivity index is 2.16. The van der Waals surface area contributed by atoms with Crippen LogP contribution in [0.5, 0.6) is 0 Å². The monoisotopic (exact) mass is 226 g/mol. The number of nitrogens with one attached hydrogen (secondary N) is 1. The highest BCUT2D eigenvalue weighted by atomic mass is 15.1. The van der Waals surface area contributed by atoms with Gasteiger partial charge in [-0.2, -0.15) is 0 Å². The fraction of sp³-hybridized carbons (Fsp3) is 1.00. The molecule has 2 nitrogen and oxygen atoms in total. The van der Waals surface area contributed by atoms with Gasteiger partial charge in [0, 0.05) is 6.54 Å². The maximum atomic E-state index is 3.44. The van der Waals surface area contributed by atoms with Crippen LogP contribution >= 0.6 is 0 Å². The lowest BCUT2D eigenvalue weighted by Crippen LogP contribution is -2.33. The Bertz CT molecular complexity index is 164. The Hall–Kier alpha value is -0.0800. The summed E-state index contributed by atoms with van der Waals surface area (Å²) in [6.07, 6.45) is 5.50. The molecule has 0 radical (unpaired) electrons. The van der Waals surface area contributed by atoms with Gasteiger partial charge in [0.1, 0.15) is 0 Å². The van der Waals surface area contributed by atoms with Gasteiger partial charge >= 0.3 is 0 Å². The molecule has 1 unspecified atom stereocenters. The second-order valence-electron chi connectivity index (χ2n) is 5.39. The third kappa shape index (κ3) is 5.31. The lowest BCUT2D eigenvalue weighted by Gasteiger charge is -2.28. The van der Waals surface area contributed by atoms with E-state index < -0.39 is 0 Å². The van der Waals surface area contributed by atoms with Gasteiger partial charge in [-0.1, -0.05) is 27.2 Å². The average Bonchev–Trinajstić information content (AvgIpc) is 2.35. The van der Waals surface area contributed by atoms with Crippen molar-refractivity contribution in [2.75, 3.05) is 32.7 Å². The van der Waals surface area contributed by atoms with Gasteiger partial charge in [0.05, 0.1) is 0 Å². The van der Waals surface area contributed by atoms with Crippen molar-refractivity contribution in [1.29, 1.82) is 0 Å². The van der Waals surface area contributed by atoms with E-state index in [1.807, 2.05) is 0 Å². The molecule has 0 saturated carbocycles. The maximum Gasteiger partial charge on any atom is 0.000680 e. The van der Waals surface area contributed by atoms with Crippen LogP contribution in [0.1, 0.15) is 46.5 Å². The Morgan fingerprint density at radius 2 is 1.94 bits per heavy atom. The van der Waals surface area contributed by atoms with Crippen molar-refractivity contribution >= 4 is 0 Å². The van der Waals surface area contributed by atoms with Crippen LogP contribution in [0.3, 0.4) is 0 Å². The van der Waals surface area contributed by atoms with E-state index in [0.29, 0.717) is 0 Å². The molecule has 1 rings (SSSR count). The quantitative estimate of drug-likeness (QED) is 0.718. The number of piperidine rings is 1. The summed E-state index contributed by atoms with van der Waals surface area (Å²) < 4.78 is 0. The Morgan fingerprint density at radius 1 is 1.25 bits per heavy atom. The number of nitrogens with zero attached hydrogens (tertiary/aromatic N) is 1. The smallest absolute Gasteiger partial charge is 0.000680 e. The van der Waals surface area contributed by atoms with Crippen molar-refractivity contribution < 1.29 is 0 Å². The molecule has 0 spiro atoms. The highest BCUT2D eigenvalue weighted by Crippen LogP contribution is 2.16. The van der Waals surface area contributed by atoms with Crippen LogP contribution in [0, 0.1) is 11.8 Å². The molecule has 1 aliphatic heterocycles. The van der Waals surface area contributed by atoms with E-state index in [1.54, 1.807) is 0 Å². The van der Waals surface area contributed by atoms with Gasteiger partial charge in [0.15, 0.2) is 0 Å². The predicted molar refractivity (Wildman–Crippen MR) is 71.8 cm³/mol. The molecule has 96 valence electrons. The minimum Gasteiger partial charge on any atom is -0.317 e. The van der Waals surface area contributed by atoms with Gasteiger partial charge in [-0.15, -0.1) is 0 Å². The van der Waals surface area contributed by atoms with Gasteiger partial charge in [-0.25, -0.2) is 0 Å². The standard InChI is InChI=1S/C14H30N2/c1-4-13(3)12-16(5-2)11-8-14-6-9-15-10-7-14/h13-15H,4-12H2,1-3H3. The second-order valence-corrected chi connectivity index (χ2v) is 5.39. The van der Waals surface area contributed by atoms with Crippen LogP contribution in [0.25, 0.3) is 0 Å². The number of hydrogen-bond donors (Lipinski definition) is 1. The molecule has 0 aromatic carbocycles. The molecule has 0 bridgehead atoms. The molecular weight excluding hydrogens is 196 g/mol. The van der Waals surface area contributed by atoms with Crippen LogP contribution in [0.4, 0.5) is 0 Å². The summed E-state index contributed by atoms with van der Waals surface area (Å²) in [5, 5.41) is 3.44. The first-order valence-corrected chi connectivity index (χ1v) is 7.19. The van der Waals surface area contributed by atoms with Crippen molar-refractivity contribution in [3.63, 3.8) is 0 Å². The summed E-state index contributed by atoms with van der Waals surface area (Å²) >= 11 is 0. The summed E-state index contributed by atoms with van der Waals surface area (Å²) in [4.78, 5) is 2.64. The van der Waals surface area contributed by atoms with E-state index in [9.17, 15) is 0 Å². The molecule has 1 fully saturated rings. The topological polar surface area (TPSA) is 15.3 Å². The van der Waals surface area contributed by atoms with E-state index >= 15 is 0 Å². The van der Waals surface area contributed by atoms with E-state index in [1.165, 1.54) is 58.4 Å². The molecule has 0 aromatic heterocycles. The molecule has 1 aliphatic rings. The molecule has 0 amide bonds. The van der Waals surface area contributed by atoms with Crippen LogP contribution in [-0.4, -0.2) is 37.6 Å². The molecule has 0 aromatic rings. The van der Waals surface area contributed by atoms with E-state index in [4.69, 9.17) is 0 Å². The summed E-state index contributed by atoms with van der Waals surface area (Å²) in [5.41, 5.74) is 0. The summed E-state index contributed by atoms with van der Waals surface area (Å²) in [7, 11) is 0. The van der Waals surface area contributed by atoms with Crippen LogP contribution in [0.15, 0.2) is 0 Å². The zero-order valence-corrected chi connectivity index (χ0v) is 11.5. The Kier molecular flexibility index (Phi) is 7.06. The van der Waals surface area contributed by atoms with Crippen LogP contribution in [0.2, 0.25) is 0 Å². The fourth-order valence-corrected chi connectivity index (χ4v) is 2.48. The first kappa shape index (κ1) is 14.0. The highest BCUT2D eigenvalue weighted by molar-refractivity contribution is 4.70. The predicted octanol–water partition coefficient (Wildman–Crippen LogP) is 2.74. The summed E-state index contributed by atoms with van der Waals surface area (Å²) in [6.45, 7) is 13.3. The zero-order chi connectivity index (χ0) is 11.8. The lowest BCUT2D eigenvalue weighted by molar-refractivity contribution is 0.216. The van der Waals surface area contributed by atoms with Gasteiger partial charge in [-0.3, -0.25) is 0 Å². The maximum absolute atomic E-state index is 3.44. The molecule has 2 heteroatoms.